The van der Waals surface area contributed by atoms with E-state index in [0.29, 0.717) is 11.3 Å². The van der Waals surface area contributed by atoms with Gasteiger partial charge < -0.3 is 15.2 Å². The van der Waals surface area contributed by atoms with Gasteiger partial charge in [-0.25, -0.2) is 4.79 Å². The zero-order chi connectivity index (χ0) is 14.0. The molecule has 5 heteroatoms. The Bertz CT molecular complexity index is 510. The number of carboxylic acids is 1. The lowest BCUT2D eigenvalue weighted by molar-refractivity contribution is -0.144. The van der Waals surface area contributed by atoms with Crippen LogP contribution in [0.15, 0.2) is 24.3 Å². The van der Waals surface area contributed by atoms with E-state index in [2.05, 4.69) is 5.32 Å². The summed E-state index contributed by atoms with van der Waals surface area (Å²) in [5.74, 6) is -0.986. The Labute approximate surface area is 111 Å². The van der Waals surface area contributed by atoms with E-state index in [1.54, 1.807) is 31.2 Å². The fourth-order valence-electron chi connectivity index (χ4n) is 2.13. The third-order valence-corrected chi connectivity index (χ3v) is 3.56. The molecule has 1 saturated carbocycles. The molecule has 5 nitrogen and oxygen atoms in total. The van der Waals surface area contributed by atoms with Crippen molar-refractivity contribution < 1.29 is 19.4 Å². The number of benzene rings is 1. The van der Waals surface area contributed by atoms with Gasteiger partial charge in [-0.2, -0.15) is 0 Å². The van der Waals surface area contributed by atoms with Crippen molar-refractivity contribution in [3.05, 3.63) is 29.8 Å². The number of hydrogen-bond acceptors (Lipinski definition) is 3. The molecule has 1 aliphatic carbocycles. The summed E-state index contributed by atoms with van der Waals surface area (Å²) in [5.41, 5.74) is -0.865. The fourth-order valence-corrected chi connectivity index (χ4v) is 2.13. The monoisotopic (exact) mass is 263 g/mol. The van der Waals surface area contributed by atoms with Crippen molar-refractivity contribution in [1.82, 2.24) is 5.32 Å². The van der Waals surface area contributed by atoms with Crippen molar-refractivity contribution in [3.8, 4) is 5.75 Å². The maximum absolute atomic E-state index is 12.2. The van der Waals surface area contributed by atoms with Gasteiger partial charge in [0.15, 0.2) is 0 Å². The summed E-state index contributed by atoms with van der Waals surface area (Å²) in [6.07, 6.45) is 1.66. The zero-order valence-corrected chi connectivity index (χ0v) is 11.0. The van der Waals surface area contributed by atoms with Crippen LogP contribution >= 0.6 is 0 Å². The van der Waals surface area contributed by atoms with Crippen molar-refractivity contribution in [3.63, 3.8) is 0 Å². The van der Waals surface area contributed by atoms with E-state index < -0.39 is 17.4 Å². The Kier molecular flexibility index (Phi) is 3.46. The molecule has 0 aromatic heterocycles. The number of ether oxygens (including phenoxy) is 1. The molecule has 0 aliphatic heterocycles. The van der Waals surface area contributed by atoms with Gasteiger partial charge in [0.1, 0.15) is 11.3 Å². The molecule has 0 radical (unpaired) electrons. The molecule has 0 heterocycles. The molecule has 1 amide bonds. The summed E-state index contributed by atoms with van der Waals surface area (Å²) in [5, 5.41) is 11.9. The molecule has 1 aromatic carbocycles. The quantitative estimate of drug-likeness (QED) is 0.847. The van der Waals surface area contributed by atoms with E-state index in [-0.39, 0.29) is 5.92 Å². The maximum Gasteiger partial charge on any atom is 0.329 e. The van der Waals surface area contributed by atoms with Crippen LogP contribution < -0.4 is 10.1 Å². The number of carbonyl (C=O) groups is 2. The Hall–Kier alpha value is -2.04. The predicted molar refractivity (Wildman–Crippen MR) is 69.2 cm³/mol. The highest BCUT2D eigenvalue weighted by molar-refractivity contribution is 6.00. The second-order valence-electron chi connectivity index (χ2n) is 4.94. The molecule has 1 fully saturated rings. The van der Waals surface area contributed by atoms with Crippen LogP contribution in [0.3, 0.4) is 0 Å². The van der Waals surface area contributed by atoms with Crippen LogP contribution in [-0.2, 0) is 4.79 Å². The molecule has 1 aromatic rings. The summed E-state index contributed by atoms with van der Waals surface area (Å²) in [6.45, 7) is 1.56. The molecule has 2 rings (SSSR count). The third kappa shape index (κ3) is 2.54. The van der Waals surface area contributed by atoms with Gasteiger partial charge in [0.05, 0.1) is 12.7 Å². The number of rotatable bonds is 5. The Morgan fingerprint density at radius 3 is 2.53 bits per heavy atom. The molecule has 1 atom stereocenters. The second-order valence-corrected chi connectivity index (χ2v) is 4.94. The van der Waals surface area contributed by atoms with Crippen LogP contribution in [0, 0.1) is 5.92 Å². The summed E-state index contributed by atoms with van der Waals surface area (Å²) in [4.78, 5) is 23.6. The average Bonchev–Trinajstić information content (AvgIpc) is 3.22. The van der Waals surface area contributed by atoms with Crippen LogP contribution in [0.4, 0.5) is 0 Å². The van der Waals surface area contributed by atoms with Gasteiger partial charge in [-0.15, -0.1) is 0 Å². The standard InChI is InChI=1S/C14H17NO4/c1-14(13(17)18,9-7-8-9)15-12(16)10-5-3-4-6-11(10)19-2/h3-6,9H,7-8H2,1-2H3,(H,15,16)(H,17,18). The number of aliphatic carboxylic acids is 1. The highest BCUT2D eigenvalue weighted by Crippen LogP contribution is 2.40. The highest BCUT2D eigenvalue weighted by Gasteiger charge is 2.48. The second kappa shape index (κ2) is 4.91. The first-order chi connectivity index (χ1) is 8.99. The van der Waals surface area contributed by atoms with Crippen LogP contribution in [0.2, 0.25) is 0 Å². The molecular formula is C14H17NO4. The minimum atomic E-state index is -1.21. The van der Waals surface area contributed by atoms with E-state index in [4.69, 9.17) is 4.74 Å². The average molecular weight is 263 g/mol. The summed E-state index contributed by atoms with van der Waals surface area (Å²) < 4.78 is 5.11. The largest absolute Gasteiger partial charge is 0.496 e. The van der Waals surface area contributed by atoms with Crippen LogP contribution in [0.1, 0.15) is 30.1 Å². The summed E-state index contributed by atoms with van der Waals surface area (Å²) in [7, 11) is 1.48. The lowest BCUT2D eigenvalue weighted by Crippen LogP contribution is -2.54. The number of carbonyl (C=O) groups excluding carboxylic acids is 1. The van der Waals surface area contributed by atoms with E-state index in [0.717, 1.165) is 12.8 Å². The van der Waals surface area contributed by atoms with Crippen molar-refractivity contribution >= 4 is 11.9 Å². The first-order valence-corrected chi connectivity index (χ1v) is 6.18. The molecule has 0 bridgehead atoms. The molecular weight excluding hydrogens is 246 g/mol. The van der Waals surface area contributed by atoms with E-state index in [1.165, 1.54) is 7.11 Å². The van der Waals surface area contributed by atoms with E-state index >= 15 is 0 Å². The minimum absolute atomic E-state index is 0.00339. The first kappa shape index (κ1) is 13.4. The molecule has 0 saturated heterocycles. The third-order valence-electron chi connectivity index (χ3n) is 3.56. The van der Waals surface area contributed by atoms with Gasteiger partial charge in [-0.05, 0) is 37.8 Å². The van der Waals surface area contributed by atoms with Crippen molar-refractivity contribution in [1.29, 1.82) is 0 Å². The Balaban J connectivity index is 2.22. The number of para-hydroxylation sites is 1. The summed E-state index contributed by atoms with van der Waals surface area (Å²) in [6, 6.07) is 6.76. The fraction of sp³-hybridized carbons (Fsp3) is 0.429. The van der Waals surface area contributed by atoms with Crippen molar-refractivity contribution in [2.24, 2.45) is 5.92 Å². The number of amides is 1. The first-order valence-electron chi connectivity index (χ1n) is 6.18. The molecule has 19 heavy (non-hydrogen) atoms. The van der Waals surface area contributed by atoms with Crippen LogP contribution in [0.5, 0.6) is 5.75 Å². The number of carboxylic acid groups (broad SMARTS) is 1. The van der Waals surface area contributed by atoms with Gasteiger partial charge in [-0.3, -0.25) is 4.79 Å². The predicted octanol–water partition coefficient (Wildman–Crippen LogP) is 1.68. The Morgan fingerprint density at radius 1 is 1.37 bits per heavy atom. The van der Waals surface area contributed by atoms with Crippen LogP contribution in [-0.4, -0.2) is 29.6 Å². The van der Waals surface area contributed by atoms with E-state index in [1.807, 2.05) is 0 Å². The van der Waals surface area contributed by atoms with Crippen LogP contribution in [0.25, 0.3) is 0 Å². The molecule has 102 valence electrons. The minimum Gasteiger partial charge on any atom is -0.496 e. The molecule has 1 unspecified atom stereocenters. The zero-order valence-electron chi connectivity index (χ0n) is 11.0. The lowest BCUT2D eigenvalue weighted by atomic mass is 9.95. The van der Waals surface area contributed by atoms with E-state index in [9.17, 15) is 14.7 Å². The SMILES string of the molecule is COc1ccccc1C(=O)NC(C)(C(=O)O)C1CC1. The summed E-state index contributed by atoms with van der Waals surface area (Å²) >= 11 is 0. The smallest absolute Gasteiger partial charge is 0.329 e. The van der Waals surface area contributed by atoms with Gasteiger partial charge in [-0.1, -0.05) is 12.1 Å². The highest BCUT2D eigenvalue weighted by atomic mass is 16.5. The lowest BCUT2D eigenvalue weighted by Gasteiger charge is -2.26. The number of methoxy groups -OCH3 is 1. The molecule has 1 aliphatic rings. The van der Waals surface area contributed by atoms with Crippen molar-refractivity contribution in [2.45, 2.75) is 25.3 Å². The number of nitrogens with one attached hydrogen (secondary N) is 1. The van der Waals surface area contributed by atoms with Gasteiger partial charge >= 0.3 is 5.97 Å². The molecule has 2 N–H and O–H groups in total. The number of hydrogen-bond donors (Lipinski definition) is 2. The van der Waals surface area contributed by atoms with Crippen molar-refractivity contribution in [2.75, 3.05) is 7.11 Å². The molecule has 0 spiro atoms. The maximum atomic E-state index is 12.2. The van der Waals surface area contributed by atoms with Gasteiger partial charge in [0.25, 0.3) is 5.91 Å². The normalized spacial score (nSPS) is 17.4. The topological polar surface area (TPSA) is 75.6 Å². The van der Waals surface area contributed by atoms with Gasteiger partial charge in [0.2, 0.25) is 0 Å². The Morgan fingerprint density at radius 2 is 2.00 bits per heavy atom. The van der Waals surface area contributed by atoms with Gasteiger partial charge in [0, 0.05) is 0 Å².